The van der Waals surface area contributed by atoms with Crippen LogP contribution in [0.5, 0.6) is 5.75 Å². The summed E-state index contributed by atoms with van der Waals surface area (Å²) < 4.78 is 31.0. The number of hydrogen-bond donors (Lipinski definition) is 2. The largest absolute Gasteiger partial charge is 0.478 e. The molecule has 0 saturated carbocycles. The van der Waals surface area contributed by atoms with Crippen molar-refractivity contribution in [3.8, 4) is 5.75 Å². The van der Waals surface area contributed by atoms with E-state index in [1.165, 1.54) is 24.5 Å². The molecule has 2 atom stereocenters. The van der Waals surface area contributed by atoms with E-state index in [1.54, 1.807) is 18.3 Å². The lowest BCUT2D eigenvalue weighted by Gasteiger charge is -2.29. The molecule has 1 aromatic carbocycles. The summed E-state index contributed by atoms with van der Waals surface area (Å²) in [5, 5.41) is 7.12. The van der Waals surface area contributed by atoms with E-state index in [4.69, 9.17) is 4.74 Å². The second-order valence-electron chi connectivity index (χ2n) is 4.56. The molecule has 0 bridgehead atoms. The van der Waals surface area contributed by atoms with E-state index in [1.807, 2.05) is 0 Å². The first-order valence-electron chi connectivity index (χ1n) is 5.77. The first-order valence-corrected chi connectivity index (χ1v) is 7.21. The molecular weight excluding hydrogens is 268 g/mol. The Kier molecular flexibility index (Phi) is 2.64. The highest BCUT2D eigenvalue weighted by atomic mass is 32.2. The number of hydrazone groups is 1. The number of ether oxygens (including phenoxy) is 1. The van der Waals surface area contributed by atoms with E-state index in [0.717, 1.165) is 5.69 Å². The van der Waals surface area contributed by atoms with Crippen LogP contribution >= 0.6 is 0 Å². The van der Waals surface area contributed by atoms with Crippen molar-refractivity contribution in [1.82, 2.24) is 9.73 Å². The predicted molar refractivity (Wildman–Crippen MR) is 70.8 cm³/mol. The van der Waals surface area contributed by atoms with Gasteiger partial charge in [-0.25, -0.2) is 12.7 Å². The van der Waals surface area contributed by atoms with Crippen LogP contribution in [-0.2, 0) is 10.0 Å². The summed E-state index contributed by atoms with van der Waals surface area (Å²) in [6, 6.07) is 4.78. The van der Waals surface area contributed by atoms with E-state index >= 15 is 0 Å². The fraction of sp³-hybridized carbons (Fsp3) is 0.364. The third-order valence-electron chi connectivity index (χ3n) is 3.07. The van der Waals surface area contributed by atoms with Crippen molar-refractivity contribution < 1.29 is 13.2 Å². The van der Waals surface area contributed by atoms with E-state index in [2.05, 4.69) is 15.8 Å². The highest BCUT2D eigenvalue weighted by molar-refractivity contribution is 7.89. The number of nitrogens with zero attached hydrogens (tertiary/aromatic N) is 2. The van der Waals surface area contributed by atoms with Crippen LogP contribution in [0.4, 0.5) is 5.69 Å². The van der Waals surface area contributed by atoms with Crippen LogP contribution in [0.15, 0.2) is 28.2 Å². The minimum absolute atomic E-state index is 0.108. The van der Waals surface area contributed by atoms with Gasteiger partial charge in [0.1, 0.15) is 5.75 Å². The molecule has 7 nitrogen and oxygen atoms in total. The molecule has 0 amide bonds. The minimum atomic E-state index is -3.46. The smallest absolute Gasteiger partial charge is 0.242 e. The number of sulfonamides is 1. The lowest BCUT2D eigenvalue weighted by molar-refractivity contribution is 0.232. The summed E-state index contributed by atoms with van der Waals surface area (Å²) in [5.74, 6) is 0.513. The first-order chi connectivity index (χ1) is 8.98. The summed E-state index contributed by atoms with van der Waals surface area (Å²) in [6.45, 7) is 0. The van der Waals surface area contributed by atoms with Crippen molar-refractivity contribution in [2.24, 2.45) is 5.10 Å². The van der Waals surface area contributed by atoms with E-state index in [9.17, 15) is 8.42 Å². The van der Waals surface area contributed by atoms with E-state index in [-0.39, 0.29) is 17.2 Å². The van der Waals surface area contributed by atoms with Gasteiger partial charge in [-0.1, -0.05) is 0 Å². The number of rotatable bonds is 2. The zero-order valence-electron chi connectivity index (χ0n) is 10.5. The number of benzene rings is 1. The number of anilines is 1. The van der Waals surface area contributed by atoms with Gasteiger partial charge in [-0.05, 0) is 12.1 Å². The highest BCUT2D eigenvalue weighted by Crippen LogP contribution is 2.34. The highest BCUT2D eigenvalue weighted by Gasteiger charge is 2.32. The maximum absolute atomic E-state index is 12.1. The van der Waals surface area contributed by atoms with Crippen molar-refractivity contribution in [3.63, 3.8) is 0 Å². The number of fused-ring (bicyclic) bond motifs is 2. The molecule has 0 fully saturated rings. The molecular formula is C11H14N4O3S. The number of hydrogen-bond acceptors (Lipinski definition) is 6. The molecule has 0 saturated heterocycles. The second-order valence-corrected chi connectivity index (χ2v) is 6.71. The summed E-state index contributed by atoms with van der Waals surface area (Å²) in [5.41, 5.74) is 3.62. The molecule has 2 heterocycles. The Morgan fingerprint density at radius 3 is 2.89 bits per heavy atom. The monoisotopic (exact) mass is 282 g/mol. The molecule has 0 unspecified atom stereocenters. The molecule has 2 aliphatic heterocycles. The quantitative estimate of drug-likeness (QED) is 0.799. The molecule has 0 aromatic heterocycles. The maximum Gasteiger partial charge on any atom is 0.242 e. The predicted octanol–water partition coefficient (Wildman–Crippen LogP) is 0.0249. The molecule has 102 valence electrons. The lowest BCUT2D eigenvalue weighted by Crippen LogP contribution is -2.45. The first kappa shape index (κ1) is 12.2. The second kappa shape index (κ2) is 4.10. The van der Waals surface area contributed by atoms with Crippen molar-refractivity contribution in [3.05, 3.63) is 18.2 Å². The van der Waals surface area contributed by atoms with Crippen LogP contribution < -0.4 is 15.5 Å². The number of nitrogens with one attached hydrogen (secondary N) is 2. The molecule has 2 N–H and O–H groups in total. The van der Waals surface area contributed by atoms with Crippen LogP contribution in [0.25, 0.3) is 0 Å². The van der Waals surface area contributed by atoms with Gasteiger partial charge in [-0.3, -0.25) is 5.43 Å². The normalized spacial score (nSPS) is 24.2. The Bertz CT molecular complexity index is 641. The van der Waals surface area contributed by atoms with Crippen molar-refractivity contribution >= 4 is 21.9 Å². The average molecular weight is 282 g/mol. The van der Waals surface area contributed by atoms with Gasteiger partial charge >= 0.3 is 0 Å². The maximum atomic E-state index is 12.1. The molecule has 8 heteroatoms. The fourth-order valence-corrected chi connectivity index (χ4v) is 2.89. The van der Waals surface area contributed by atoms with Gasteiger partial charge in [0, 0.05) is 20.2 Å². The third-order valence-corrected chi connectivity index (χ3v) is 4.88. The lowest BCUT2D eigenvalue weighted by atomic mass is 10.2. The van der Waals surface area contributed by atoms with Gasteiger partial charge in [0.05, 0.1) is 16.8 Å². The topological polar surface area (TPSA) is 83.0 Å². The zero-order chi connectivity index (χ0) is 13.6. The van der Waals surface area contributed by atoms with Crippen LogP contribution in [0, 0.1) is 0 Å². The summed E-state index contributed by atoms with van der Waals surface area (Å²) in [7, 11) is -0.461. The Morgan fingerprint density at radius 2 is 2.16 bits per heavy atom. The fourth-order valence-electron chi connectivity index (χ4n) is 1.97. The molecule has 3 rings (SSSR count). The average Bonchev–Trinajstić information content (AvgIpc) is 2.82. The zero-order valence-corrected chi connectivity index (χ0v) is 11.3. The van der Waals surface area contributed by atoms with Crippen LogP contribution in [0.1, 0.15) is 0 Å². The van der Waals surface area contributed by atoms with Gasteiger partial charge < -0.3 is 10.1 Å². The molecule has 2 aliphatic rings. The van der Waals surface area contributed by atoms with Crippen LogP contribution in [0.3, 0.4) is 0 Å². The van der Waals surface area contributed by atoms with Gasteiger partial charge in [-0.15, -0.1) is 0 Å². The molecule has 19 heavy (non-hydrogen) atoms. The van der Waals surface area contributed by atoms with Crippen LogP contribution in [0.2, 0.25) is 0 Å². The summed E-state index contributed by atoms with van der Waals surface area (Å²) >= 11 is 0. The molecule has 1 aromatic rings. The summed E-state index contributed by atoms with van der Waals surface area (Å²) in [4.78, 5) is 0.208. The Hall–Kier alpha value is -1.80. The van der Waals surface area contributed by atoms with Gasteiger partial charge in [0.25, 0.3) is 0 Å². The van der Waals surface area contributed by atoms with Crippen LogP contribution in [-0.4, -0.2) is 45.3 Å². The van der Waals surface area contributed by atoms with E-state index < -0.39 is 10.0 Å². The van der Waals surface area contributed by atoms with Gasteiger partial charge in [0.2, 0.25) is 10.0 Å². The molecule has 0 radical (unpaired) electrons. The molecule has 0 aliphatic carbocycles. The Balaban J connectivity index is 1.99. The van der Waals surface area contributed by atoms with Gasteiger partial charge in [-0.2, -0.15) is 5.10 Å². The minimum Gasteiger partial charge on any atom is -0.478 e. The standard InChI is InChI=1S/C11H14N4O3S/c1-15(2)19(16,17)7-3-4-8-9(5-7)18-10-6-12-14-11(10)13-8/h3-6,10-11,13-14H,1-2H3/t10-,11+/m1/s1. The molecule has 0 spiro atoms. The SMILES string of the molecule is CN(C)S(=O)(=O)c1ccc2c(c1)O[C@@H]1C=NN[C@@H]1N2. The van der Waals surface area contributed by atoms with Gasteiger partial charge in [0.15, 0.2) is 12.3 Å². The third kappa shape index (κ3) is 1.92. The Morgan fingerprint density at radius 1 is 1.37 bits per heavy atom. The van der Waals surface area contributed by atoms with Crippen molar-refractivity contribution in [2.75, 3.05) is 19.4 Å². The van der Waals surface area contributed by atoms with Crippen molar-refractivity contribution in [1.29, 1.82) is 0 Å². The Labute approximate surface area is 111 Å². The summed E-state index contributed by atoms with van der Waals surface area (Å²) in [6.07, 6.45) is 1.31. The van der Waals surface area contributed by atoms with E-state index in [0.29, 0.717) is 5.75 Å². The van der Waals surface area contributed by atoms with Crippen molar-refractivity contribution in [2.45, 2.75) is 17.2 Å².